The number of hydrogen-bond donors (Lipinski definition) is 0. The Morgan fingerprint density at radius 2 is 1.60 bits per heavy atom. The van der Waals surface area contributed by atoms with E-state index in [1.807, 2.05) is 13.8 Å². The SMILES string of the molecule is CCCCCC[P+](=O)C1(C(=O)c2c(C)cc(C)cc2C)CCCCC1. The Kier molecular flexibility index (Phi) is 7.37. The molecule has 0 radical (unpaired) electrons. The molecule has 0 N–H and O–H groups in total. The molecule has 25 heavy (non-hydrogen) atoms. The summed E-state index contributed by atoms with van der Waals surface area (Å²) in [6, 6.07) is 4.18. The van der Waals surface area contributed by atoms with Crippen LogP contribution < -0.4 is 0 Å². The van der Waals surface area contributed by atoms with Crippen molar-refractivity contribution in [2.45, 2.75) is 90.6 Å². The number of hydrogen-bond acceptors (Lipinski definition) is 2. The number of ketones is 1. The first-order valence-corrected chi connectivity index (χ1v) is 11.4. The van der Waals surface area contributed by atoms with Crippen molar-refractivity contribution in [1.29, 1.82) is 0 Å². The highest BCUT2D eigenvalue weighted by Gasteiger charge is 2.55. The van der Waals surface area contributed by atoms with Crippen LogP contribution in [0.25, 0.3) is 0 Å². The van der Waals surface area contributed by atoms with Crippen molar-refractivity contribution in [3.8, 4) is 0 Å². The van der Waals surface area contributed by atoms with E-state index >= 15 is 0 Å². The zero-order valence-corrected chi connectivity index (χ0v) is 17.4. The minimum atomic E-state index is -1.49. The Morgan fingerprint density at radius 1 is 1.00 bits per heavy atom. The first kappa shape index (κ1) is 20.3. The van der Waals surface area contributed by atoms with Gasteiger partial charge in [0.15, 0.2) is 0 Å². The van der Waals surface area contributed by atoms with Crippen LogP contribution in [0.4, 0.5) is 0 Å². The second kappa shape index (κ2) is 9.08. The third-order valence-electron chi connectivity index (χ3n) is 5.70. The van der Waals surface area contributed by atoms with Crippen molar-refractivity contribution in [3.05, 3.63) is 34.4 Å². The molecular weight excluding hydrogens is 327 g/mol. The van der Waals surface area contributed by atoms with E-state index in [0.717, 1.165) is 55.2 Å². The van der Waals surface area contributed by atoms with Crippen LogP contribution in [0.3, 0.4) is 0 Å². The maximum absolute atomic E-state index is 13.6. The molecule has 0 spiro atoms. The minimum absolute atomic E-state index is 0.166. The maximum atomic E-state index is 13.6. The van der Waals surface area contributed by atoms with Crippen molar-refractivity contribution < 1.29 is 9.36 Å². The third kappa shape index (κ3) is 4.59. The molecule has 1 atom stereocenters. The predicted molar refractivity (Wildman–Crippen MR) is 107 cm³/mol. The molecular formula is C22H34O2P+. The monoisotopic (exact) mass is 361 g/mol. The lowest BCUT2D eigenvalue weighted by Crippen LogP contribution is -2.38. The van der Waals surface area contributed by atoms with Gasteiger partial charge in [-0.1, -0.05) is 48.4 Å². The normalized spacial score (nSPS) is 17.4. The van der Waals surface area contributed by atoms with Crippen LogP contribution in [0.5, 0.6) is 0 Å². The standard InChI is InChI=1S/C22H34O2P/c1-5-6-7-11-14-25(24)22(12-9-8-10-13-22)21(23)20-18(3)15-17(2)16-19(20)4/h15-16H,5-14H2,1-4H3/q+1. The molecule has 0 amide bonds. The molecule has 1 unspecified atom stereocenters. The largest absolute Gasteiger partial charge is 0.353 e. The van der Waals surface area contributed by atoms with Gasteiger partial charge in [-0.25, -0.2) is 0 Å². The summed E-state index contributed by atoms with van der Waals surface area (Å²) in [6.45, 7) is 8.31. The van der Waals surface area contributed by atoms with Crippen molar-refractivity contribution in [2.24, 2.45) is 0 Å². The van der Waals surface area contributed by atoms with E-state index in [0.29, 0.717) is 6.16 Å². The molecule has 1 fully saturated rings. The van der Waals surface area contributed by atoms with Crippen LogP contribution in [0, 0.1) is 20.8 Å². The van der Waals surface area contributed by atoms with Crippen molar-refractivity contribution >= 4 is 13.6 Å². The molecule has 1 saturated carbocycles. The Morgan fingerprint density at radius 3 is 2.16 bits per heavy atom. The van der Waals surface area contributed by atoms with Gasteiger partial charge in [0.05, 0.1) is 0 Å². The second-order valence-electron chi connectivity index (χ2n) is 7.86. The summed E-state index contributed by atoms with van der Waals surface area (Å²) in [6.07, 6.45) is 10.1. The molecule has 2 rings (SSSR count). The molecule has 138 valence electrons. The highest BCUT2D eigenvalue weighted by atomic mass is 31.1. The number of unbranched alkanes of at least 4 members (excludes halogenated alkanes) is 3. The molecule has 0 saturated heterocycles. The summed E-state index contributed by atoms with van der Waals surface area (Å²) in [5.74, 6) is 0.166. The molecule has 0 aromatic heterocycles. The molecule has 1 aliphatic rings. The molecule has 1 aliphatic carbocycles. The van der Waals surface area contributed by atoms with Crippen LogP contribution in [0.2, 0.25) is 0 Å². The Balaban J connectivity index is 2.30. The van der Waals surface area contributed by atoms with Crippen LogP contribution in [0.1, 0.15) is 91.8 Å². The van der Waals surface area contributed by atoms with Crippen LogP contribution in [-0.4, -0.2) is 17.1 Å². The van der Waals surface area contributed by atoms with E-state index in [9.17, 15) is 9.36 Å². The van der Waals surface area contributed by atoms with E-state index in [2.05, 4.69) is 26.0 Å². The Hall–Kier alpha value is -1.01. The van der Waals surface area contributed by atoms with Crippen LogP contribution >= 0.6 is 7.80 Å². The van der Waals surface area contributed by atoms with E-state index in [1.165, 1.54) is 24.8 Å². The van der Waals surface area contributed by atoms with Crippen LogP contribution in [0.15, 0.2) is 12.1 Å². The van der Waals surface area contributed by atoms with E-state index in [-0.39, 0.29) is 5.78 Å². The third-order valence-corrected chi connectivity index (χ3v) is 8.03. The maximum Gasteiger partial charge on any atom is 0.353 e. The van der Waals surface area contributed by atoms with Gasteiger partial charge < -0.3 is 0 Å². The average Bonchev–Trinajstić information content (AvgIpc) is 2.58. The van der Waals surface area contributed by atoms with Gasteiger partial charge in [-0.05, 0) is 57.6 Å². The summed E-state index contributed by atoms with van der Waals surface area (Å²) in [7, 11) is -1.49. The fraction of sp³-hybridized carbons (Fsp3) is 0.682. The van der Waals surface area contributed by atoms with Gasteiger partial charge in [-0.2, -0.15) is 0 Å². The topological polar surface area (TPSA) is 34.1 Å². The number of aryl methyl sites for hydroxylation is 3. The molecule has 0 aliphatic heterocycles. The van der Waals surface area contributed by atoms with Gasteiger partial charge in [0.1, 0.15) is 6.16 Å². The van der Waals surface area contributed by atoms with Crippen molar-refractivity contribution in [3.63, 3.8) is 0 Å². The zero-order chi connectivity index (χ0) is 18.4. The number of Topliss-reactive ketones (excluding diaryl/α,β-unsaturated/α-hetero) is 1. The lowest BCUT2D eigenvalue weighted by atomic mass is 9.80. The molecule has 0 bridgehead atoms. The Labute approximate surface area is 154 Å². The summed E-state index contributed by atoms with van der Waals surface area (Å²) < 4.78 is 13.3. The van der Waals surface area contributed by atoms with E-state index in [4.69, 9.17) is 0 Å². The van der Waals surface area contributed by atoms with Crippen molar-refractivity contribution in [1.82, 2.24) is 0 Å². The molecule has 2 nitrogen and oxygen atoms in total. The fourth-order valence-corrected chi connectivity index (χ4v) is 6.49. The highest BCUT2D eigenvalue weighted by Crippen LogP contribution is 2.52. The smallest absolute Gasteiger partial charge is 0.289 e. The van der Waals surface area contributed by atoms with Crippen LogP contribution in [-0.2, 0) is 4.57 Å². The molecule has 0 heterocycles. The lowest BCUT2D eigenvalue weighted by Gasteiger charge is -2.28. The summed E-state index contributed by atoms with van der Waals surface area (Å²) >= 11 is 0. The first-order valence-electron chi connectivity index (χ1n) is 10.00. The fourth-order valence-electron chi connectivity index (χ4n) is 4.39. The van der Waals surface area contributed by atoms with E-state index in [1.54, 1.807) is 0 Å². The van der Waals surface area contributed by atoms with E-state index < -0.39 is 13.0 Å². The first-order chi connectivity index (χ1) is 11.9. The van der Waals surface area contributed by atoms with Gasteiger partial charge in [0, 0.05) is 18.4 Å². The second-order valence-corrected chi connectivity index (χ2v) is 9.92. The van der Waals surface area contributed by atoms with Gasteiger partial charge in [0.2, 0.25) is 10.9 Å². The average molecular weight is 361 g/mol. The van der Waals surface area contributed by atoms with Gasteiger partial charge >= 0.3 is 7.80 Å². The Bertz CT molecular complexity index is 604. The minimum Gasteiger partial charge on any atom is -0.289 e. The quantitative estimate of drug-likeness (QED) is 0.286. The summed E-state index contributed by atoms with van der Waals surface area (Å²) in [5.41, 5.74) is 4.11. The van der Waals surface area contributed by atoms with Gasteiger partial charge in [0.25, 0.3) is 0 Å². The number of rotatable bonds is 8. The molecule has 1 aromatic carbocycles. The number of carbonyl (C=O) groups is 1. The molecule has 3 heteroatoms. The predicted octanol–water partition coefficient (Wildman–Crippen LogP) is 6.91. The summed E-state index contributed by atoms with van der Waals surface area (Å²) in [5, 5.41) is -0.607. The van der Waals surface area contributed by atoms with Crippen molar-refractivity contribution in [2.75, 3.05) is 6.16 Å². The van der Waals surface area contributed by atoms with Gasteiger partial charge in [-0.15, -0.1) is 0 Å². The van der Waals surface area contributed by atoms with Gasteiger partial charge in [-0.3, -0.25) is 4.79 Å². The lowest BCUT2D eigenvalue weighted by molar-refractivity contribution is 0.0911. The zero-order valence-electron chi connectivity index (χ0n) is 16.5. The number of benzene rings is 1. The summed E-state index contributed by atoms with van der Waals surface area (Å²) in [4.78, 5) is 13.6. The number of carbonyl (C=O) groups excluding carboxylic acids is 1. The highest BCUT2D eigenvalue weighted by molar-refractivity contribution is 7.48. The molecule has 1 aromatic rings.